The second kappa shape index (κ2) is 5.54. The maximum Gasteiger partial charge on any atom is 0.307 e. The first-order valence-electron chi connectivity index (χ1n) is 8.56. The minimum Gasteiger partial charge on any atom is -0.462 e. The zero-order chi connectivity index (χ0) is 15.1. The van der Waals surface area contributed by atoms with Crippen LogP contribution in [0.1, 0.15) is 46.5 Å². The Labute approximate surface area is 128 Å². The lowest BCUT2D eigenvalue weighted by Crippen LogP contribution is -2.44. The van der Waals surface area contributed by atoms with Crippen molar-refractivity contribution >= 4 is 5.97 Å². The second-order valence-corrected chi connectivity index (χ2v) is 7.93. The summed E-state index contributed by atoms with van der Waals surface area (Å²) in [5.41, 5.74) is 0.499. The molecule has 0 unspecified atom stereocenters. The third kappa shape index (κ3) is 2.61. The normalized spacial score (nSPS) is 38.6. The van der Waals surface area contributed by atoms with Gasteiger partial charge in [0, 0.05) is 38.1 Å². The monoisotopic (exact) mass is 294 g/mol. The van der Waals surface area contributed by atoms with Gasteiger partial charge in [0.15, 0.2) is 0 Å². The molecular formula is C17H30N2O2. The summed E-state index contributed by atoms with van der Waals surface area (Å²) in [6, 6.07) is 0. The SMILES string of the molecule is CC1(C)[C@H]2CC[C@]1(C)[C@H](OC(=O)CCN1CCNCC1)C2. The topological polar surface area (TPSA) is 41.6 Å². The highest BCUT2D eigenvalue weighted by Crippen LogP contribution is 2.66. The average molecular weight is 294 g/mol. The minimum atomic E-state index is 0.00288. The molecule has 3 fully saturated rings. The highest BCUT2D eigenvalue weighted by molar-refractivity contribution is 5.70. The molecule has 21 heavy (non-hydrogen) atoms. The fraction of sp³-hybridized carbons (Fsp3) is 0.941. The molecule has 4 heteroatoms. The quantitative estimate of drug-likeness (QED) is 0.806. The maximum absolute atomic E-state index is 12.2. The van der Waals surface area contributed by atoms with Crippen molar-refractivity contribution in [3.8, 4) is 0 Å². The molecule has 0 radical (unpaired) electrons. The Bertz CT molecular complexity index is 404. The van der Waals surface area contributed by atoms with E-state index in [1.54, 1.807) is 0 Å². The molecular weight excluding hydrogens is 264 g/mol. The van der Waals surface area contributed by atoms with Crippen molar-refractivity contribution in [3.05, 3.63) is 0 Å². The number of carbonyl (C=O) groups is 1. The first kappa shape index (κ1) is 15.3. The van der Waals surface area contributed by atoms with Gasteiger partial charge >= 0.3 is 5.97 Å². The van der Waals surface area contributed by atoms with E-state index < -0.39 is 0 Å². The van der Waals surface area contributed by atoms with E-state index in [1.165, 1.54) is 12.8 Å². The van der Waals surface area contributed by atoms with E-state index in [0.717, 1.165) is 45.1 Å². The summed E-state index contributed by atoms with van der Waals surface area (Å²) in [7, 11) is 0. The van der Waals surface area contributed by atoms with Crippen molar-refractivity contribution in [2.45, 2.75) is 52.6 Å². The van der Waals surface area contributed by atoms with Crippen LogP contribution in [-0.2, 0) is 9.53 Å². The van der Waals surface area contributed by atoms with E-state index in [1.807, 2.05) is 0 Å². The number of esters is 1. The van der Waals surface area contributed by atoms with Gasteiger partial charge < -0.3 is 15.0 Å². The van der Waals surface area contributed by atoms with Crippen molar-refractivity contribution < 1.29 is 9.53 Å². The summed E-state index contributed by atoms with van der Waals surface area (Å²) in [5, 5.41) is 3.34. The van der Waals surface area contributed by atoms with Crippen molar-refractivity contribution in [3.63, 3.8) is 0 Å². The number of nitrogens with one attached hydrogen (secondary N) is 1. The van der Waals surface area contributed by atoms with Gasteiger partial charge in [0.1, 0.15) is 6.10 Å². The molecule has 1 saturated heterocycles. The highest BCUT2D eigenvalue weighted by atomic mass is 16.5. The Balaban J connectivity index is 1.49. The standard InChI is InChI=1S/C17H30N2O2/c1-16(2)13-4-6-17(16,3)14(12-13)21-15(20)5-9-19-10-7-18-8-11-19/h13-14,18H,4-12H2,1-3H3/t13-,14+,17+/m0/s1. The Kier molecular flexibility index (Phi) is 4.04. The fourth-order valence-electron chi connectivity index (χ4n) is 4.71. The molecule has 0 aromatic heterocycles. The van der Waals surface area contributed by atoms with Gasteiger partial charge in [-0.25, -0.2) is 0 Å². The minimum absolute atomic E-state index is 0.00288. The predicted molar refractivity (Wildman–Crippen MR) is 83.0 cm³/mol. The summed E-state index contributed by atoms with van der Waals surface area (Å²) >= 11 is 0. The van der Waals surface area contributed by atoms with Crippen LogP contribution in [0.2, 0.25) is 0 Å². The maximum atomic E-state index is 12.2. The van der Waals surface area contributed by atoms with Gasteiger partial charge in [-0.05, 0) is 30.6 Å². The van der Waals surface area contributed by atoms with Crippen molar-refractivity contribution in [2.24, 2.45) is 16.7 Å². The average Bonchev–Trinajstić information content (AvgIpc) is 2.79. The van der Waals surface area contributed by atoms with Gasteiger partial charge in [0.2, 0.25) is 0 Å². The molecule has 0 spiro atoms. The Hall–Kier alpha value is -0.610. The van der Waals surface area contributed by atoms with Crippen molar-refractivity contribution in [1.29, 1.82) is 0 Å². The van der Waals surface area contributed by atoms with Crippen LogP contribution in [0.3, 0.4) is 0 Å². The summed E-state index contributed by atoms with van der Waals surface area (Å²) in [5.74, 6) is 0.733. The van der Waals surface area contributed by atoms with Crippen LogP contribution in [0.25, 0.3) is 0 Å². The van der Waals surface area contributed by atoms with Gasteiger partial charge in [0.05, 0.1) is 6.42 Å². The van der Waals surface area contributed by atoms with Gasteiger partial charge in [-0.15, -0.1) is 0 Å². The fourth-order valence-corrected chi connectivity index (χ4v) is 4.71. The molecule has 1 heterocycles. The van der Waals surface area contributed by atoms with Gasteiger partial charge in [-0.1, -0.05) is 20.8 Å². The van der Waals surface area contributed by atoms with E-state index in [9.17, 15) is 4.79 Å². The van der Waals surface area contributed by atoms with Crippen LogP contribution in [0.4, 0.5) is 0 Å². The molecule has 2 saturated carbocycles. The molecule has 0 aromatic carbocycles. The molecule has 1 aliphatic heterocycles. The Morgan fingerprint density at radius 3 is 2.57 bits per heavy atom. The third-order valence-electron chi connectivity index (χ3n) is 6.83. The number of hydrogen-bond donors (Lipinski definition) is 1. The zero-order valence-electron chi connectivity index (χ0n) is 13.8. The number of rotatable bonds is 4. The molecule has 120 valence electrons. The lowest BCUT2D eigenvalue weighted by Gasteiger charge is -2.38. The molecule has 2 bridgehead atoms. The van der Waals surface area contributed by atoms with Crippen LogP contribution in [0.5, 0.6) is 0 Å². The molecule has 0 aromatic rings. The molecule has 4 nitrogen and oxygen atoms in total. The number of nitrogens with zero attached hydrogens (tertiary/aromatic N) is 1. The van der Waals surface area contributed by atoms with E-state index >= 15 is 0 Å². The van der Waals surface area contributed by atoms with Crippen LogP contribution in [0, 0.1) is 16.7 Å². The Morgan fingerprint density at radius 1 is 1.29 bits per heavy atom. The molecule has 0 amide bonds. The highest BCUT2D eigenvalue weighted by Gasteiger charge is 2.62. The predicted octanol–water partition coefficient (Wildman–Crippen LogP) is 2.04. The van der Waals surface area contributed by atoms with Crippen molar-refractivity contribution in [2.75, 3.05) is 32.7 Å². The number of hydrogen-bond acceptors (Lipinski definition) is 4. The molecule has 3 rings (SSSR count). The Morgan fingerprint density at radius 2 is 2.00 bits per heavy atom. The summed E-state index contributed by atoms with van der Waals surface area (Å²) in [6.07, 6.45) is 4.26. The van der Waals surface area contributed by atoms with E-state index in [-0.39, 0.29) is 17.5 Å². The lowest BCUT2D eigenvalue weighted by atomic mass is 9.70. The summed E-state index contributed by atoms with van der Waals surface area (Å²) < 4.78 is 5.89. The summed E-state index contributed by atoms with van der Waals surface area (Å²) in [6.45, 7) is 12.0. The number of piperazine rings is 1. The summed E-state index contributed by atoms with van der Waals surface area (Å²) in [4.78, 5) is 14.6. The molecule has 1 N–H and O–H groups in total. The van der Waals surface area contributed by atoms with Crippen LogP contribution in [-0.4, -0.2) is 49.7 Å². The van der Waals surface area contributed by atoms with E-state index in [2.05, 4.69) is 31.0 Å². The number of ether oxygens (including phenoxy) is 1. The van der Waals surface area contributed by atoms with Gasteiger partial charge in [-0.3, -0.25) is 4.79 Å². The largest absolute Gasteiger partial charge is 0.462 e. The molecule has 2 aliphatic carbocycles. The van der Waals surface area contributed by atoms with E-state index in [0.29, 0.717) is 11.8 Å². The number of carbonyl (C=O) groups excluding carboxylic acids is 1. The first-order chi connectivity index (χ1) is 9.93. The smallest absolute Gasteiger partial charge is 0.307 e. The molecule has 3 atom stereocenters. The second-order valence-electron chi connectivity index (χ2n) is 7.93. The van der Waals surface area contributed by atoms with E-state index in [4.69, 9.17) is 4.74 Å². The van der Waals surface area contributed by atoms with Crippen LogP contribution >= 0.6 is 0 Å². The van der Waals surface area contributed by atoms with Gasteiger partial charge in [-0.2, -0.15) is 0 Å². The van der Waals surface area contributed by atoms with Crippen molar-refractivity contribution in [1.82, 2.24) is 10.2 Å². The molecule has 3 aliphatic rings. The lowest BCUT2D eigenvalue weighted by molar-refractivity contribution is -0.157. The van der Waals surface area contributed by atoms with Gasteiger partial charge in [0.25, 0.3) is 0 Å². The zero-order valence-corrected chi connectivity index (χ0v) is 13.8. The number of fused-ring (bicyclic) bond motifs is 2. The van der Waals surface area contributed by atoms with Crippen LogP contribution < -0.4 is 5.32 Å². The first-order valence-corrected chi connectivity index (χ1v) is 8.56. The van der Waals surface area contributed by atoms with Crippen LogP contribution in [0.15, 0.2) is 0 Å². The third-order valence-corrected chi connectivity index (χ3v) is 6.83.